The molecule has 0 bridgehead atoms. The van der Waals surface area contributed by atoms with Crippen LogP contribution in [-0.4, -0.2) is 31.5 Å². The van der Waals surface area contributed by atoms with E-state index < -0.39 is 0 Å². The highest BCUT2D eigenvalue weighted by Crippen LogP contribution is 2.39. The Bertz CT molecular complexity index is 557. The fourth-order valence-corrected chi connectivity index (χ4v) is 3.66. The van der Waals surface area contributed by atoms with Gasteiger partial charge in [-0.15, -0.1) is 11.8 Å². The van der Waals surface area contributed by atoms with Gasteiger partial charge in [-0.2, -0.15) is 0 Å². The van der Waals surface area contributed by atoms with Crippen LogP contribution in [-0.2, 0) is 0 Å². The van der Waals surface area contributed by atoms with Crippen molar-refractivity contribution in [2.45, 2.75) is 49.5 Å². The van der Waals surface area contributed by atoms with E-state index >= 15 is 0 Å². The summed E-state index contributed by atoms with van der Waals surface area (Å²) in [5, 5.41) is 6.08. The molecule has 23 heavy (non-hydrogen) atoms. The van der Waals surface area contributed by atoms with Gasteiger partial charge in [-0.05, 0) is 25.2 Å². The van der Waals surface area contributed by atoms with E-state index in [-0.39, 0.29) is 12.1 Å². The lowest BCUT2D eigenvalue weighted by Crippen LogP contribution is -2.37. The summed E-state index contributed by atoms with van der Waals surface area (Å²) in [6, 6.07) is 3.93. The van der Waals surface area contributed by atoms with E-state index in [1.807, 2.05) is 18.4 Å². The first-order valence-corrected chi connectivity index (χ1v) is 9.54. The van der Waals surface area contributed by atoms with E-state index in [0.717, 1.165) is 29.2 Å². The number of thioether (sulfide) groups is 1. The molecule has 2 N–H and O–H groups in total. The molecule has 0 radical (unpaired) electrons. The minimum absolute atomic E-state index is 0.135. The zero-order valence-electron chi connectivity index (χ0n) is 13.5. The quantitative estimate of drug-likeness (QED) is 0.646. The molecule has 5 nitrogen and oxygen atoms in total. The van der Waals surface area contributed by atoms with Gasteiger partial charge in [0.1, 0.15) is 13.2 Å². The van der Waals surface area contributed by atoms with Gasteiger partial charge in [0, 0.05) is 17.0 Å². The lowest BCUT2D eigenvalue weighted by Gasteiger charge is -2.22. The second-order valence-electron chi connectivity index (χ2n) is 5.98. The van der Waals surface area contributed by atoms with Crippen LogP contribution in [0.1, 0.15) is 38.5 Å². The van der Waals surface area contributed by atoms with Gasteiger partial charge in [-0.3, -0.25) is 0 Å². The summed E-state index contributed by atoms with van der Waals surface area (Å²) in [4.78, 5) is 13.3. The summed E-state index contributed by atoms with van der Waals surface area (Å²) < 4.78 is 11.2. The molecule has 1 fully saturated rings. The van der Waals surface area contributed by atoms with Crippen molar-refractivity contribution in [1.82, 2.24) is 5.32 Å². The first-order valence-electron chi connectivity index (χ1n) is 8.31. The Kier molecular flexibility index (Phi) is 5.54. The molecule has 126 valence electrons. The lowest BCUT2D eigenvalue weighted by atomic mass is 10.1. The third-order valence-electron chi connectivity index (χ3n) is 4.30. The van der Waals surface area contributed by atoms with E-state index in [2.05, 4.69) is 10.6 Å². The zero-order chi connectivity index (χ0) is 16.1. The number of anilines is 1. The van der Waals surface area contributed by atoms with Crippen LogP contribution in [0.15, 0.2) is 17.0 Å². The number of nitrogens with one attached hydrogen (secondary N) is 2. The highest BCUT2D eigenvalue weighted by Gasteiger charge is 2.19. The van der Waals surface area contributed by atoms with Gasteiger partial charge in [-0.25, -0.2) is 4.79 Å². The first-order chi connectivity index (χ1) is 11.3. The van der Waals surface area contributed by atoms with Crippen LogP contribution in [0.3, 0.4) is 0 Å². The number of rotatable bonds is 3. The number of hydrogen-bond donors (Lipinski definition) is 2. The van der Waals surface area contributed by atoms with Crippen molar-refractivity contribution in [3.8, 4) is 11.5 Å². The number of ether oxygens (including phenoxy) is 2. The average molecular weight is 336 g/mol. The number of hydrogen-bond acceptors (Lipinski definition) is 4. The Hall–Kier alpha value is -1.56. The largest absolute Gasteiger partial charge is 0.486 e. The fraction of sp³-hybridized carbons (Fsp3) is 0.588. The van der Waals surface area contributed by atoms with Crippen molar-refractivity contribution < 1.29 is 14.3 Å². The molecule has 1 aromatic rings. The number of carbonyl (C=O) groups is 1. The molecule has 0 unspecified atom stereocenters. The molecule has 0 saturated heterocycles. The molecule has 0 aromatic heterocycles. The Balaban J connectivity index is 1.67. The molecule has 1 aliphatic carbocycles. The third kappa shape index (κ3) is 4.25. The predicted octanol–water partition coefficient (Wildman–Crippen LogP) is 4.02. The minimum Gasteiger partial charge on any atom is -0.486 e. The molecule has 1 aliphatic heterocycles. The van der Waals surface area contributed by atoms with E-state index in [1.165, 1.54) is 25.7 Å². The van der Waals surface area contributed by atoms with Gasteiger partial charge in [0.05, 0.1) is 5.69 Å². The second kappa shape index (κ2) is 7.81. The molecular formula is C17H24N2O3S. The minimum atomic E-state index is -0.135. The fourth-order valence-electron chi connectivity index (χ4n) is 3.10. The van der Waals surface area contributed by atoms with Crippen LogP contribution >= 0.6 is 11.8 Å². The number of benzene rings is 1. The average Bonchev–Trinajstić information content (AvgIpc) is 2.82. The first kappa shape index (κ1) is 16.3. The van der Waals surface area contributed by atoms with Crippen LogP contribution in [0.2, 0.25) is 0 Å². The van der Waals surface area contributed by atoms with Gasteiger partial charge in [0.2, 0.25) is 0 Å². The number of urea groups is 1. The third-order valence-corrected chi connectivity index (χ3v) is 5.08. The molecule has 2 amide bonds. The molecule has 1 aromatic carbocycles. The Morgan fingerprint density at radius 1 is 1.09 bits per heavy atom. The van der Waals surface area contributed by atoms with Crippen LogP contribution in [0.5, 0.6) is 11.5 Å². The van der Waals surface area contributed by atoms with Crippen molar-refractivity contribution in [3.63, 3.8) is 0 Å². The predicted molar refractivity (Wildman–Crippen MR) is 92.9 cm³/mol. The van der Waals surface area contributed by atoms with Crippen LogP contribution in [0.25, 0.3) is 0 Å². The Morgan fingerprint density at radius 3 is 2.39 bits per heavy atom. The summed E-state index contributed by atoms with van der Waals surface area (Å²) >= 11 is 1.58. The SMILES string of the molecule is CSc1cc2c(cc1NC(=O)NC1CCCCCC1)OCCO2. The maximum atomic E-state index is 12.3. The van der Waals surface area contributed by atoms with Crippen LogP contribution < -0.4 is 20.1 Å². The van der Waals surface area contributed by atoms with E-state index in [9.17, 15) is 4.79 Å². The summed E-state index contributed by atoms with van der Waals surface area (Å²) in [5.41, 5.74) is 0.771. The number of amides is 2. The molecular weight excluding hydrogens is 312 g/mol. The zero-order valence-corrected chi connectivity index (χ0v) is 14.3. The molecule has 0 spiro atoms. The van der Waals surface area contributed by atoms with Crippen molar-refractivity contribution in [1.29, 1.82) is 0 Å². The normalized spacial score (nSPS) is 18.1. The lowest BCUT2D eigenvalue weighted by molar-refractivity contribution is 0.171. The van der Waals surface area contributed by atoms with E-state index in [0.29, 0.717) is 19.0 Å². The van der Waals surface area contributed by atoms with Crippen molar-refractivity contribution >= 4 is 23.5 Å². The van der Waals surface area contributed by atoms with Crippen molar-refractivity contribution in [2.75, 3.05) is 24.8 Å². The Labute approximate surface area is 141 Å². The molecule has 6 heteroatoms. The van der Waals surface area contributed by atoms with Gasteiger partial charge >= 0.3 is 6.03 Å². The summed E-state index contributed by atoms with van der Waals surface area (Å²) in [7, 11) is 0. The molecule has 3 rings (SSSR count). The molecule has 1 saturated carbocycles. The Morgan fingerprint density at radius 2 is 1.74 bits per heavy atom. The summed E-state index contributed by atoms with van der Waals surface area (Å²) in [5.74, 6) is 1.44. The summed E-state index contributed by atoms with van der Waals surface area (Å²) in [6.07, 6.45) is 9.08. The number of carbonyl (C=O) groups excluding carboxylic acids is 1. The van der Waals surface area contributed by atoms with Gasteiger partial charge in [0.15, 0.2) is 11.5 Å². The van der Waals surface area contributed by atoms with Gasteiger partial charge < -0.3 is 20.1 Å². The standard InChI is InChI=1S/C17H24N2O3S/c1-23-16-11-15-14(21-8-9-22-15)10-13(16)19-17(20)18-12-6-4-2-3-5-7-12/h10-12H,2-9H2,1H3,(H2,18,19,20). The number of fused-ring (bicyclic) bond motifs is 1. The maximum Gasteiger partial charge on any atom is 0.319 e. The monoisotopic (exact) mass is 336 g/mol. The maximum absolute atomic E-state index is 12.3. The molecule has 1 heterocycles. The van der Waals surface area contributed by atoms with E-state index in [4.69, 9.17) is 9.47 Å². The van der Waals surface area contributed by atoms with E-state index in [1.54, 1.807) is 11.8 Å². The second-order valence-corrected chi connectivity index (χ2v) is 6.83. The molecule has 2 aliphatic rings. The highest BCUT2D eigenvalue weighted by atomic mass is 32.2. The highest BCUT2D eigenvalue weighted by molar-refractivity contribution is 7.98. The van der Waals surface area contributed by atoms with Crippen molar-refractivity contribution in [3.05, 3.63) is 12.1 Å². The summed E-state index contributed by atoms with van der Waals surface area (Å²) in [6.45, 7) is 1.11. The van der Waals surface area contributed by atoms with Crippen LogP contribution in [0, 0.1) is 0 Å². The van der Waals surface area contributed by atoms with Crippen molar-refractivity contribution in [2.24, 2.45) is 0 Å². The smallest absolute Gasteiger partial charge is 0.319 e. The van der Waals surface area contributed by atoms with Gasteiger partial charge in [-0.1, -0.05) is 25.7 Å². The molecule has 0 atom stereocenters. The van der Waals surface area contributed by atoms with Crippen LogP contribution in [0.4, 0.5) is 10.5 Å². The van der Waals surface area contributed by atoms with Gasteiger partial charge in [0.25, 0.3) is 0 Å². The topological polar surface area (TPSA) is 59.6 Å².